The highest BCUT2D eigenvalue weighted by molar-refractivity contribution is 7.89. The molecule has 0 aliphatic carbocycles. The summed E-state index contributed by atoms with van der Waals surface area (Å²) in [4.78, 5) is 0.0509. The predicted octanol–water partition coefficient (Wildman–Crippen LogP) is 4.57. The molecule has 0 N–H and O–H groups in total. The van der Waals surface area contributed by atoms with Crippen LogP contribution in [0.1, 0.15) is 11.5 Å². The second-order valence-electron chi connectivity index (χ2n) is 5.01. The van der Waals surface area contributed by atoms with Crippen molar-refractivity contribution in [1.29, 1.82) is 0 Å². The molecule has 0 radical (unpaired) electrons. The van der Waals surface area contributed by atoms with Crippen molar-refractivity contribution in [3.63, 3.8) is 0 Å². The third kappa shape index (κ3) is 3.67. The van der Waals surface area contributed by atoms with Crippen molar-refractivity contribution in [2.75, 3.05) is 0 Å². The zero-order chi connectivity index (χ0) is 17.2. The van der Waals surface area contributed by atoms with Gasteiger partial charge in [0.2, 0.25) is 10.0 Å². The fraction of sp³-hybridized carbons (Fsp3) is 0.125. The second kappa shape index (κ2) is 7.03. The zero-order valence-corrected chi connectivity index (χ0v) is 14.7. The highest BCUT2D eigenvalue weighted by atomic mass is 35.5. The van der Waals surface area contributed by atoms with Gasteiger partial charge in [-0.25, -0.2) is 8.42 Å². The van der Waals surface area contributed by atoms with Gasteiger partial charge in [0.25, 0.3) is 0 Å². The van der Waals surface area contributed by atoms with Crippen LogP contribution in [0.3, 0.4) is 0 Å². The summed E-state index contributed by atoms with van der Waals surface area (Å²) < 4.78 is 37.8. The molecule has 0 saturated carbocycles. The minimum absolute atomic E-state index is 0.0509. The van der Waals surface area contributed by atoms with Crippen LogP contribution in [0.25, 0.3) is 0 Å². The fourth-order valence-electron chi connectivity index (χ4n) is 2.16. The van der Waals surface area contributed by atoms with E-state index in [1.54, 1.807) is 24.3 Å². The number of halogens is 2. The molecule has 0 spiro atoms. The highest BCUT2D eigenvalue weighted by Crippen LogP contribution is 2.28. The topological polar surface area (TPSA) is 63.7 Å². The summed E-state index contributed by atoms with van der Waals surface area (Å²) in [5.41, 5.74) is 0. The molecule has 126 valence electrons. The van der Waals surface area contributed by atoms with E-state index in [9.17, 15) is 8.42 Å². The summed E-state index contributed by atoms with van der Waals surface area (Å²) in [6.45, 7) is 0.132. The van der Waals surface area contributed by atoms with Gasteiger partial charge in [0.15, 0.2) is 0 Å². The first kappa shape index (κ1) is 17.1. The van der Waals surface area contributed by atoms with E-state index in [1.807, 2.05) is 0 Å². The van der Waals surface area contributed by atoms with Crippen LogP contribution in [0.15, 0.2) is 68.7 Å². The summed E-state index contributed by atoms with van der Waals surface area (Å²) in [6.07, 6.45) is 2.98. The third-order valence-corrected chi connectivity index (χ3v) is 5.88. The van der Waals surface area contributed by atoms with Crippen LogP contribution in [0.4, 0.5) is 0 Å². The van der Waals surface area contributed by atoms with E-state index in [4.69, 9.17) is 32.0 Å². The molecule has 2 heterocycles. The molecule has 5 nitrogen and oxygen atoms in total. The smallest absolute Gasteiger partial charge is 0.243 e. The summed E-state index contributed by atoms with van der Waals surface area (Å²) in [5, 5.41) is 0.466. The number of sulfonamides is 1. The minimum Gasteiger partial charge on any atom is -0.468 e. The van der Waals surface area contributed by atoms with Gasteiger partial charge in [-0.1, -0.05) is 23.2 Å². The Morgan fingerprint density at radius 3 is 1.92 bits per heavy atom. The van der Waals surface area contributed by atoms with Gasteiger partial charge in [-0.05, 0) is 42.5 Å². The molecule has 8 heteroatoms. The molecular weight excluding hydrogens is 373 g/mol. The van der Waals surface area contributed by atoms with Crippen molar-refractivity contribution in [3.8, 4) is 0 Å². The lowest BCUT2D eigenvalue weighted by Crippen LogP contribution is -2.30. The molecule has 0 amide bonds. The summed E-state index contributed by atoms with van der Waals surface area (Å²) in [7, 11) is -3.82. The molecule has 3 rings (SSSR count). The monoisotopic (exact) mass is 385 g/mol. The second-order valence-corrected chi connectivity index (χ2v) is 7.76. The Labute approximate surface area is 149 Å². The number of benzene rings is 1. The van der Waals surface area contributed by atoms with Crippen molar-refractivity contribution in [3.05, 3.63) is 76.6 Å². The Morgan fingerprint density at radius 1 is 0.875 bits per heavy atom. The molecule has 2 aromatic heterocycles. The Hall–Kier alpha value is -1.73. The van der Waals surface area contributed by atoms with E-state index < -0.39 is 10.0 Å². The third-order valence-electron chi connectivity index (χ3n) is 3.35. The molecule has 0 fully saturated rings. The Morgan fingerprint density at radius 2 is 1.46 bits per heavy atom. The quantitative estimate of drug-likeness (QED) is 0.623. The van der Waals surface area contributed by atoms with Gasteiger partial charge in [0.05, 0.1) is 40.6 Å². The van der Waals surface area contributed by atoms with Crippen LogP contribution in [0.5, 0.6) is 0 Å². The molecule has 0 unspecified atom stereocenters. The maximum absolute atomic E-state index is 13.0. The van der Waals surface area contributed by atoms with Crippen LogP contribution in [-0.4, -0.2) is 12.7 Å². The summed E-state index contributed by atoms with van der Waals surface area (Å²) in [6, 6.07) is 11.0. The normalized spacial score (nSPS) is 12.0. The van der Waals surface area contributed by atoms with Crippen LogP contribution in [-0.2, 0) is 23.1 Å². The molecule has 1 aromatic carbocycles. The van der Waals surface area contributed by atoms with Crippen LogP contribution >= 0.6 is 23.2 Å². The number of hydrogen-bond acceptors (Lipinski definition) is 4. The molecule has 0 bridgehead atoms. The van der Waals surface area contributed by atoms with Crippen molar-refractivity contribution in [1.82, 2.24) is 4.31 Å². The maximum atomic E-state index is 13.0. The Bertz CT molecular complexity index is 869. The lowest BCUT2D eigenvalue weighted by Gasteiger charge is -2.20. The van der Waals surface area contributed by atoms with Crippen molar-refractivity contribution >= 4 is 33.2 Å². The molecule has 0 atom stereocenters. The van der Waals surface area contributed by atoms with E-state index >= 15 is 0 Å². The van der Waals surface area contributed by atoms with E-state index in [-0.39, 0.29) is 23.0 Å². The zero-order valence-electron chi connectivity index (χ0n) is 12.4. The van der Waals surface area contributed by atoms with E-state index in [0.29, 0.717) is 16.5 Å². The van der Waals surface area contributed by atoms with Gasteiger partial charge in [-0.2, -0.15) is 4.31 Å². The lowest BCUT2D eigenvalue weighted by molar-refractivity contribution is 0.330. The summed E-state index contributed by atoms with van der Waals surface area (Å²) >= 11 is 11.8. The number of hydrogen-bond donors (Lipinski definition) is 0. The number of nitrogens with zero attached hydrogens (tertiary/aromatic N) is 1. The molecular formula is C16H13Cl2NO4S. The van der Waals surface area contributed by atoms with Gasteiger partial charge in [0, 0.05) is 0 Å². The van der Waals surface area contributed by atoms with Gasteiger partial charge in [-0.15, -0.1) is 0 Å². The Kier molecular flexibility index (Phi) is 5.01. The predicted molar refractivity (Wildman–Crippen MR) is 90.3 cm³/mol. The van der Waals surface area contributed by atoms with Crippen molar-refractivity contribution < 1.29 is 17.3 Å². The maximum Gasteiger partial charge on any atom is 0.243 e. The standard InChI is InChI=1S/C16H13Cl2NO4S/c17-15-6-5-14(9-16(15)18)24(20,21)19(10-12-3-1-7-22-12)11-13-4-2-8-23-13/h1-9H,10-11H2. The highest BCUT2D eigenvalue weighted by Gasteiger charge is 2.27. The largest absolute Gasteiger partial charge is 0.468 e. The molecule has 0 saturated heterocycles. The first-order valence-corrected chi connectivity index (χ1v) is 9.16. The van der Waals surface area contributed by atoms with E-state index in [0.717, 1.165) is 0 Å². The lowest BCUT2D eigenvalue weighted by atomic mass is 10.4. The average Bonchev–Trinajstić information content (AvgIpc) is 3.23. The van der Waals surface area contributed by atoms with Crippen molar-refractivity contribution in [2.45, 2.75) is 18.0 Å². The minimum atomic E-state index is -3.82. The number of furan rings is 2. The van der Waals surface area contributed by atoms with Gasteiger partial charge < -0.3 is 8.83 Å². The van der Waals surface area contributed by atoms with E-state index in [2.05, 4.69) is 0 Å². The average molecular weight is 386 g/mol. The van der Waals surface area contributed by atoms with Crippen LogP contribution in [0, 0.1) is 0 Å². The van der Waals surface area contributed by atoms with E-state index in [1.165, 1.54) is 35.0 Å². The molecule has 24 heavy (non-hydrogen) atoms. The van der Waals surface area contributed by atoms with Crippen LogP contribution in [0.2, 0.25) is 10.0 Å². The molecule has 0 aliphatic heterocycles. The fourth-order valence-corrected chi connectivity index (χ4v) is 3.93. The first-order chi connectivity index (χ1) is 11.5. The van der Waals surface area contributed by atoms with Crippen LogP contribution < -0.4 is 0 Å². The SMILES string of the molecule is O=S(=O)(c1ccc(Cl)c(Cl)c1)N(Cc1ccco1)Cc1ccco1. The van der Waals surface area contributed by atoms with Gasteiger partial charge >= 0.3 is 0 Å². The summed E-state index contributed by atoms with van der Waals surface area (Å²) in [5.74, 6) is 1.04. The molecule has 3 aromatic rings. The van der Waals surface area contributed by atoms with Gasteiger partial charge in [-0.3, -0.25) is 0 Å². The molecule has 0 aliphatic rings. The Balaban J connectivity index is 1.97. The van der Waals surface area contributed by atoms with Crippen molar-refractivity contribution in [2.24, 2.45) is 0 Å². The first-order valence-electron chi connectivity index (χ1n) is 6.97. The number of rotatable bonds is 6. The van der Waals surface area contributed by atoms with Gasteiger partial charge in [0.1, 0.15) is 11.5 Å².